The summed E-state index contributed by atoms with van der Waals surface area (Å²) < 4.78 is 39.6. The average molecular weight is 314 g/mol. The van der Waals surface area contributed by atoms with E-state index in [9.17, 15) is 13.2 Å². The van der Waals surface area contributed by atoms with Crippen molar-refractivity contribution in [3.05, 3.63) is 72.1 Å². The highest BCUT2D eigenvalue weighted by molar-refractivity contribution is 5.70. The maximum Gasteiger partial charge on any atom is 0.417 e. The summed E-state index contributed by atoms with van der Waals surface area (Å²) in [4.78, 5) is 8.52. The molecule has 0 fully saturated rings. The Morgan fingerprint density at radius 2 is 1.39 bits per heavy atom. The summed E-state index contributed by atoms with van der Waals surface area (Å²) in [6.45, 7) is 1.67. The summed E-state index contributed by atoms with van der Waals surface area (Å²) in [5.74, 6) is 0.429. The van der Waals surface area contributed by atoms with Gasteiger partial charge in [0.1, 0.15) is 5.82 Å². The molecule has 0 saturated heterocycles. The van der Waals surface area contributed by atoms with Gasteiger partial charge < -0.3 is 0 Å². The van der Waals surface area contributed by atoms with Crippen molar-refractivity contribution in [2.45, 2.75) is 13.1 Å². The molecule has 0 saturated carbocycles. The molecule has 0 atom stereocenters. The lowest BCUT2D eigenvalue weighted by molar-refractivity contribution is -0.137. The number of hydrogen-bond acceptors (Lipinski definition) is 2. The first-order valence-electron chi connectivity index (χ1n) is 7.03. The molecule has 0 unspecified atom stereocenters. The molecule has 0 spiro atoms. The van der Waals surface area contributed by atoms with Crippen LogP contribution in [0.4, 0.5) is 13.2 Å². The number of aromatic nitrogens is 2. The summed E-state index contributed by atoms with van der Waals surface area (Å²) in [7, 11) is 0. The maximum atomic E-state index is 13.2. The van der Waals surface area contributed by atoms with Gasteiger partial charge in [0.25, 0.3) is 0 Å². The topological polar surface area (TPSA) is 25.8 Å². The van der Waals surface area contributed by atoms with Gasteiger partial charge in [0.2, 0.25) is 0 Å². The fourth-order valence-corrected chi connectivity index (χ4v) is 2.42. The summed E-state index contributed by atoms with van der Waals surface area (Å²) in [6, 6.07) is 16.3. The molecular formula is C18H13F3N2. The van der Waals surface area contributed by atoms with E-state index in [1.54, 1.807) is 19.1 Å². The highest BCUT2D eigenvalue weighted by Gasteiger charge is 2.33. The van der Waals surface area contributed by atoms with Gasteiger partial charge in [-0.2, -0.15) is 13.2 Å². The highest BCUT2D eigenvalue weighted by Crippen LogP contribution is 2.36. The van der Waals surface area contributed by atoms with Gasteiger partial charge in [0.15, 0.2) is 0 Å². The SMILES string of the molecule is Cc1nc(-c2ccccc2)cc(-c2ccccc2C(F)(F)F)n1. The van der Waals surface area contributed by atoms with E-state index in [2.05, 4.69) is 9.97 Å². The van der Waals surface area contributed by atoms with E-state index in [-0.39, 0.29) is 11.3 Å². The van der Waals surface area contributed by atoms with Gasteiger partial charge in [-0.3, -0.25) is 0 Å². The van der Waals surface area contributed by atoms with Crippen molar-refractivity contribution in [1.29, 1.82) is 0 Å². The van der Waals surface area contributed by atoms with Crippen LogP contribution in [0.2, 0.25) is 0 Å². The second-order valence-electron chi connectivity index (χ2n) is 5.10. The second-order valence-corrected chi connectivity index (χ2v) is 5.10. The molecule has 1 heterocycles. The molecule has 2 nitrogen and oxygen atoms in total. The molecule has 0 radical (unpaired) electrons. The van der Waals surface area contributed by atoms with Crippen molar-refractivity contribution < 1.29 is 13.2 Å². The number of aryl methyl sites for hydroxylation is 1. The van der Waals surface area contributed by atoms with E-state index in [1.165, 1.54) is 12.1 Å². The number of nitrogens with zero attached hydrogens (tertiary/aromatic N) is 2. The molecule has 0 bridgehead atoms. The zero-order valence-electron chi connectivity index (χ0n) is 12.3. The van der Waals surface area contributed by atoms with Crippen molar-refractivity contribution in [3.63, 3.8) is 0 Å². The molecule has 2 aromatic carbocycles. The van der Waals surface area contributed by atoms with Crippen molar-refractivity contribution in [1.82, 2.24) is 9.97 Å². The van der Waals surface area contributed by atoms with Crippen molar-refractivity contribution in [2.24, 2.45) is 0 Å². The van der Waals surface area contributed by atoms with E-state index < -0.39 is 11.7 Å². The largest absolute Gasteiger partial charge is 0.417 e. The minimum atomic E-state index is -4.43. The lowest BCUT2D eigenvalue weighted by Gasteiger charge is -2.13. The molecule has 0 N–H and O–H groups in total. The molecule has 116 valence electrons. The van der Waals surface area contributed by atoms with E-state index in [4.69, 9.17) is 0 Å². The van der Waals surface area contributed by atoms with Gasteiger partial charge in [-0.15, -0.1) is 0 Å². The van der Waals surface area contributed by atoms with Crippen molar-refractivity contribution in [2.75, 3.05) is 0 Å². The molecule has 5 heteroatoms. The highest BCUT2D eigenvalue weighted by atomic mass is 19.4. The number of benzene rings is 2. The number of alkyl halides is 3. The number of halogens is 3. The van der Waals surface area contributed by atoms with Gasteiger partial charge in [-0.1, -0.05) is 48.5 Å². The molecule has 0 aliphatic heterocycles. The zero-order valence-corrected chi connectivity index (χ0v) is 12.3. The Hall–Kier alpha value is -2.69. The normalized spacial score (nSPS) is 11.5. The standard InChI is InChI=1S/C18H13F3N2/c1-12-22-16(13-7-3-2-4-8-13)11-17(23-12)14-9-5-6-10-15(14)18(19,20)21/h2-11H,1H3. The molecular weight excluding hydrogens is 301 g/mol. The van der Waals surface area contributed by atoms with Gasteiger partial charge in [-0.05, 0) is 19.1 Å². The number of hydrogen-bond donors (Lipinski definition) is 0. The van der Waals surface area contributed by atoms with Crippen LogP contribution in [0.25, 0.3) is 22.5 Å². The van der Waals surface area contributed by atoms with Crippen molar-refractivity contribution >= 4 is 0 Å². The first kappa shape index (κ1) is 15.2. The van der Waals surface area contributed by atoms with Crippen LogP contribution in [0.3, 0.4) is 0 Å². The van der Waals surface area contributed by atoms with Gasteiger partial charge in [0.05, 0.1) is 17.0 Å². The first-order valence-corrected chi connectivity index (χ1v) is 7.03. The van der Waals surface area contributed by atoms with Crippen LogP contribution < -0.4 is 0 Å². The summed E-state index contributed by atoms with van der Waals surface area (Å²) in [6.07, 6.45) is -4.43. The van der Waals surface area contributed by atoms with Gasteiger partial charge >= 0.3 is 6.18 Å². The Bertz CT molecular complexity index is 827. The molecule has 0 aliphatic carbocycles. The quantitative estimate of drug-likeness (QED) is 0.654. The smallest absolute Gasteiger partial charge is 0.233 e. The predicted molar refractivity (Wildman–Crippen MR) is 82.6 cm³/mol. The van der Waals surface area contributed by atoms with Gasteiger partial charge in [-0.25, -0.2) is 9.97 Å². The zero-order chi connectivity index (χ0) is 16.4. The molecule has 3 rings (SSSR count). The molecule has 3 aromatic rings. The van der Waals surface area contributed by atoms with E-state index in [1.807, 2.05) is 30.3 Å². The fraction of sp³-hybridized carbons (Fsp3) is 0.111. The monoisotopic (exact) mass is 314 g/mol. The van der Waals surface area contributed by atoms with Crippen molar-refractivity contribution in [3.8, 4) is 22.5 Å². The lowest BCUT2D eigenvalue weighted by atomic mass is 10.0. The van der Waals surface area contributed by atoms with Crippen LogP contribution in [-0.2, 0) is 6.18 Å². The van der Waals surface area contributed by atoms with Crippen LogP contribution in [0.1, 0.15) is 11.4 Å². The molecule has 1 aromatic heterocycles. The maximum absolute atomic E-state index is 13.2. The third kappa shape index (κ3) is 3.23. The van der Waals surface area contributed by atoms with E-state index >= 15 is 0 Å². The summed E-state index contributed by atoms with van der Waals surface area (Å²) in [5, 5.41) is 0. The fourth-order valence-electron chi connectivity index (χ4n) is 2.42. The lowest BCUT2D eigenvalue weighted by Crippen LogP contribution is -2.08. The Kier molecular flexibility index (Phi) is 3.86. The van der Waals surface area contributed by atoms with Crippen LogP contribution in [0, 0.1) is 6.92 Å². The van der Waals surface area contributed by atoms with Crippen LogP contribution in [0.5, 0.6) is 0 Å². The molecule has 23 heavy (non-hydrogen) atoms. The Morgan fingerprint density at radius 3 is 2.09 bits per heavy atom. The van der Waals surface area contributed by atoms with E-state index in [0.717, 1.165) is 11.6 Å². The summed E-state index contributed by atoms with van der Waals surface area (Å²) in [5.41, 5.74) is 1.07. The average Bonchev–Trinajstić information content (AvgIpc) is 2.54. The first-order chi connectivity index (χ1) is 10.9. The Labute approximate surface area is 131 Å². The minimum Gasteiger partial charge on any atom is -0.233 e. The minimum absolute atomic E-state index is 0.0580. The van der Waals surface area contributed by atoms with Crippen LogP contribution in [0.15, 0.2) is 60.7 Å². The third-order valence-electron chi connectivity index (χ3n) is 3.42. The summed E-state index contributed by atoms with van der Waals surface area (Å²) >= 11 is 0. The molecule has 0 aliphatic rings. The molecule has 0 amide bonds. The number of rotatable bonds is 2. The van der Waals surface area contributed by atoms with Crippen LogP contribution >= 0.6 is 0 Å². The van der Waals surface area contributed by atoms with Crippen LogP contribution in [-0.4, -0.2) is 9.97 Å². The third-order valence-corrected chi connectivity index (χ3v) is 3.42. The Morgan fingerprint density at radius 1 is 0.783 bits per heavy atom. The Balaban J connectivity index is 2.18. The van der Waals surface area contributed by atoms with E-state index in [0.29, 0.717) is 11.5 Å². The predicted octanol–water partition coefficient (Wildman–Crippen LogP) is 5.14. The second kappa shape index (κ2) is 5.83. The van der Waals surface area contributed by atoms with Gasteiger partial charge in [0, 0.05) is 11.1 Å².